The first-order valence-corrected chi connectivity index (χ1v) is 14.4. The molecule has 0 radical (unpaired) electrons. The molecule has 0 unspecified atom stereocenters. The number of hydrogen-bond donors (Lipinski definition) is 2. The molecule has 1 aliphatic rings. The number of amides is 1. The molecule has 1 atom stereocenters. The Morgan fingerprint density at radius 3 is 2.61 bits per heavy atom. The van der Waals surface area contributed by atoms with E-state index in [4.69, 9.17) is 0 Å². The lowest BCUT2D eigenvalue weighted by Crippen LogP contribution is -2.47. The molecule has 2 aromatic carbocycles. The van der Waals surface area contributed by atoms with Gasteiger partial charge in [-0.3, -0.25) is 14.8 Å². The van der Waals surface area contributed by atoms with Crippen molar-refractivity contribution < 1.29 is 4.79 Å². The zero-order chi connectivity index (χ0) is 28.3. The van der Waals surface area contributed by atoms with Crippen molar-refractivity contribution in [1.29, 1.82) is 0 Å². The molecule has 41 heavy (non-hydrogen) atoms. The number of aryl methyl sites for hydroxylation is 2. The van der Waals surface area contributed by atoms with E-state index in [0.29, 0.717) is 11.2 Å². The van der Waals surface area contributed by atoms with Gasteiger partial charge in [0.05, 0.1) is 17.3 Å². The van der Waals surface area contributed by atoms with Crippen molar-refractivity contribution >= 4 is 39.5 Å². The first kappa shape index (κ1) is 26.9. The van der Waals surface area contributed by atoms with Crippen molar-refractivity contribution in [3.63, 3.8) is 0 Å². The summed E-state index contributed by atoms with van der Waals surface area (Å²) in [5.74, 6) is -0.117. The minimum absolute atomic E-state index is 0.117. The van der Waals surface area contributed by atoms with Crippen LogP contribution in [0.15, 0.2) is 73.1 Å². The van der Waals surface area contributed by atoms with Crippen molar-refractivity contribution in [3.8, 4) is 0 Å². The van der Waals surface area contributed by atoms with E-state index < -0.39 is 0 Å². The molecule has 1 saturated heterocycles. The van der Waals surface area contributed by atoms with Gasteiger partial charge in [0.2, 0.25) is 0 Å². The van der Waals surface area contributed by atoms with Gasteiger partial charge in [0.1, 0.15) is 0 Å². The van der Waals surface area contributed by atoms with Crippen molar-refractivity contribution in [1.82, 2.24) is 34.9 Å². The maximum absolute atomic E-state index is 14.4. The average Bonchev–Trinajstić information content (AvgIpc) is 3.57. The van der Waals surface area contributed by atoms with Gasteiger partial charge in [-0.1, -0.05) is 43.3 Å². The summed E-state index contributed by atoms with van der Waals surface area (Å²) in [6.45, 7) is 6.92. The van der Waals surface area contributed by atoms with E-state index in [-0.39, 0.29) is 11.9 Å². The highest BCUT2D eigenvalue weighted by Gasteiger charge is 2.25. The molecule has 1 amide bonds. The molecular formula is C33H37N7O. The summed E-state index contributed by atoms with van der Waals surface area (Å²) in [7, 11) is 4.19. The van der Waals surface area contributed by atoms with Gasteiger partial charge in [-0.15, -0.1) is 0 Å². The molecule has 8 heteroatoms. The van der Waals surface area contributed by atoms with Crippen LogP contribution in [0, 0.1) is 0 Å². The summed E-state index contributed by atoms with van der Waals surface area (Å²) < 4.78 is 2.09. The number of piperazine rings is 1. The average molecular weight is 548 g/mol. The molecule has 1 aliphatic heterocycles. The zero-order valence-electron chi connectivity index (χ0n) is 24.0. The molecule has 0 saturated carbocycles. The monoisotopic (exact) mass is 547 g/mol. The smallest absolute Gasteiger partial charge is 0.252 e. The van der Waals surface area contributed by atoms with Crippen LogP contribution >= 0.6 is 0 Å². The molecule has 5 aromatic rings. The number of pyridine rings is 1. The van der Waals surface area contributed by atoms with E-state index in [1.165, 1.54) is 5.56 Å². The van der Waals surface area contributed by atoms with E-state index in [0.717, 1.165) is 72.3 Å². The van der Waals surface area contributed by atoms with Crippen LogP contribution in [0.25, 0.3) is 33.6 Å². The van der Waals surface area contributed by atoms with Crippen molar-refractivity contribution in [3.05, 3.63) is 95.4 Å². The number of fused-ring (bicyclic) bond motifs is 2. The molecule has 0 aliphatic carbocycles. The third-order valence-electron chi connectivity index (χ3n) is 8.19. The topological polar surface area (TPSA) is 82.1 Å². The lowest BCUT2D eigenvalue weighted by atomic mass is 9.99. The summed E-state index contributed by atoms with van der Waals surface area (Å²) in [6, 6.07) is 20.5. The Morgan fingerprint density at radius 1 is 1.02 bits per heavy atom. The first-order valence-electron chi connectivity index (χ1n) is 14.4. The summed E-state index contributed by atoms with van der Waals surface area (Å²) in [5.41, 5.74) is 6.30. The fourth-order valence-corrected chi connectivity index (χ4v) is 5.71. The second kappa shape index (κ2) is 11.7. The molecule has 6 rings (SSSR count). The third kappa shape index (κ3) is 5.66. The fourth-order valence-electron chi connectivity index (χ4n) is 5.71. The first-order chi connectivity index (χ1) is 20.0. The van der Waals surface area contributed by atoms with E-state index in [9.17, 15) is 4.79 Å². The SMILES string of the molecule is CCc1ccc2c(c1)c(/C(=C\c1[nH]nc3ncccc13)C(=O)N[C@H](CN1CCN(C)CC1)c1ccccc1)cn2C. The molecule has 0 spiro atoms. The summed E-state index contributed by atoms with van der Waals surface area (Å²) >= 11 is 0. The number of benzene rings is 2. The third-order valence-corrected chi connectivity index (χ3v) is 8.19. The highest BCUT2D eigenvalue weighted by molar-refractivity contribution is 6.27. The van der Waals surface area contributed by atoms with Gasteiger partial charge in [-0.2, -0.15) is 5.10 Å². The lowest BCUT2D eigenvalue weighted by molar-refractivity contribution is -0.116. The summed E-state index contributed by atoms with van der Waals surface area (Å²) in [6.07, 6.45) is 6.64. The van der Waals surface area contributed by atoms with Gasteiger partial charge in [0.15, 0.2) is 5.65 Å². The number of rotatable bonds is 8. The maximum Gasteiger partial charge on any atom is 0.252 e. The zero-order valence-corrected chi connectivity index (χ0v) is 24.0. The van der Waals surface area contributed by atoms with Crippen molar-refractivity contribution in [2.75, 3.05) is 39.8 Å². The van der Waals surface area contributed by atoms with E-state index >= 15 is 0 Å². The Labute approximate surface area is 240 Å². The van der Waals surface area contributed by atoms with Gasteiger partial charge in [0, 0.05) is 74.0 Å². The minimum Gasteiger partial charge on any atom is -0.350 e. The number of carbonyl (C=O) groups excluding carboxylic acids is 1. The molecule has 2 N–H and O–H groups in total. The Hall–Kier alpha value is -4.27. The molecule has 4 heterocycles. The number of hydrogen-bond acceptors (Lipinski definition) is 5. The van der Waals surface area contributed by atoms with Gasteiger partial charge >= 0.3 is 0 Å². The van der Waals surface area contributed by atoms with Crippen LogP contribution < -0.4 is 5.32 Å². The molecule has 210 valence electrons. The summed E-state index contributed by atoms with van der Waals surface area (Å²) in [4.78, 5) is 23.6. The molecule has 0 bridgehead atoms. The standard InChI is InChI=1S/C33H37N7O/c1-4-23-12-13-31-26(19-23)28(21-39(31)3)27(20-29-25-11-8-14-34-32(25)37-36-29)33(41)35-30(24-9-6-5-7-10-24)22-40-17-15-38(2)16-18-40/h5-14,19-21,30H,4,15-18,22H2,1-3H3,(H,35,41)(H,34,36,37)/b27-20+/t30-/m1/s1. The Bertz CT molecular complexity index is 1690. The lowest BCUT2D eigenvalue weighted by Gasteiger charge is -2.35. The van der Waals surface area contributed by atoms with Crippen LogP contribution in [0.1, 0.15) is 35.3 Å². The Kier molecular flexibility index (Phi) is 7.67. The second-order valence-electron chi connectivity index (χ2n) is 11.0. The molecule has 8 nitrogen and oxygen atoms in total. The predicted octanol–water partition coefficient (Wildman–Crippen LogP) is 4.66. The quantitative estimate of drug-likeness (QED) is 0.276. The predicted molar refractivity (Wildman–Crippen MR) is 165 cm³/mol. The second-order valence-corrected chi connectivity index (χ2v) is 11.0. The van der Waals surface area contributed by atoms with Gasteiger partial charge in [-0.25, -0.2) is 4.98 Å². The number of H-pyrrole nitrogens is 1. The van der Waals surface area contributed by atoms with Gasteiger partial charge in [0.25, 0.3) is 5.91 Å². The van der Waals surface area contributed by atoms with Gasteiger partial charge in [-0.05, 0) is 54.9 Å². The van der Waals surface area contributed by atoms with Crippen LogP contribution in [0.5, 0.6) is 0 Å². The van der Waals surface area contributed by atoms with Crippen LogP contribution in [0.3, 0.4) is 0 Å². The highest BCUT2D eigenvalue weighted by atomic mass is 16.1. The fraction of sp³-hybridized carbons (Fsp3) is 0.303. The van der Waals surface area contributed by atoms with Crippen molar-refractivity contribution in [2.45, 2.75) is 19.4 Å². The summed E-state index contributed by atoms with van der Waals surface area (Å²) in [5, 5.41) is 12.9. The van der Waals surface area contributed by atoms with Gasteiger partial charge < -0.3 is 14.8 Å². The number of nitrogens with zero attached hydrogens (tertiary/aromatic N) is 5. The van der Waals surface area contributed by atoms with E-state index in [1.54, 1.807) is 6.20 Å². The van der Waals surface area contributed by atoms with E-state index in [2.05, 4.69) is 85.4 Å². The largest absolute Gasteiger partial charge is 0.350 e. The maximum atomic E-state index is 14.4. The number of aromatic nitrogens is 4. The minimum atomic E-state index is -0.156. The number of nitrogens with one attached hydrogen (secondary N) is 2. The molecule has 3 aromatic heterocycles. The van der Waals surface area contributed by atoms with Crippen LogP contribution in [-0.4, -0.2) is 75.2 Å². The normalized spacial score (nSPS) is 15.9. The van der Waals surface area contributed by atoms with Crippen molar-refractivity contribution in [2.24, 2.45) is 7.05 Å². The van der Waals surface area contributed by atoms with Crippen LogP contribution in [0.4, 0.5) is 0 Å². The Morgan fingerprint density at radius 2 is 1.83 bits per heavy atom. The number of likely N-dealkylation sites (N-methyl/N-ethyl adjacent to an activating group) is 1. The van der Waals surface area contributed by atoms with Crippen LogP contribution in [0.2, 0.25) is 0 Å². The molecular weight excluding hydrogens is 510 g/mol. The van der Waals surface area contributed by atoms with E-state index in [1.807, 2.05) is 43.5 Å². The highest BCUT2D eigenvalue weighted by Crippen LogP contribution is 2.31. The Balaban J connectivity index is 1.43. The number of carbonyl (C=O) groups is 1. The molecule has 1 fully saturated rings. The number of aromatic amines is 1. The van der Waals surface area contributed by atoms with Crippen LogP contribution in [-0.2, 0) is 18.3 Å².